The van der Waals surface area contributed by atoms with Gasteiger partial charge in [-0.15, -0.1) is 35.3 Å². The summed E-state index contributed by atoms with van der Waals surface area (Å²) in [5, 5.41) is 3.51. The van der Waals surface area contributed by atoms with E-state index >= 15 is 0 Å². The summed E-state index contributed by atoms with van der Waals surface area (Å²) < 4.78 is 0. The molecule has 1 N–H and O–H groups in total. The van der Waals surface area contributed by atoms with Gasteiger partial charge in [0.2, 0.25) is 0 Å². The van der Waals surface area contributed by atoms with Gasteiger partial charge in [-0.05, 0) is 31.6 Å². The van der Waals surface area contributed by atoms with Crippen LogP contribution >= 0.6 is 35.3 Å². The first-order valence-corrected chi connectivity index (χ1v) is 8.80. The molecule has 1 saturated heterocycles. The van der Waals surface area contributed by atoms with Crippen molar-refractivity contribution in [1.82, 2.24) is 15.2 Å². The molecule has 1 aliphatic rings. The summed E-state index contributed by atoms with van der Waals surface area (Å²) >= 11 is 1.71. The highest BCUT2D eigenvalue weighted by Crippen LogP contribution is 2.33. The summed E-state index contributed by atoms with van der Waals surface area (Å²) in [4.78, 5) is 12.5. The second-order valence-corrected chi connectivity index (χ2v) is 7.29. The normalized spacial score (nSPS) is 22.4. The molecule has 1 fully saturated rings. The third-order valence-corrected chi connectivity index (χ3v) is 5.33. The van der Waals surface area contributed by atoms with Crippen molar-refractivity contribution in [2.45, 2.75) is 53.0 Å². The van der Waals surface area contributed by atoms with Gasteiger partial charge in [0.15, 0.2) is 5.96 Å². The maximum absolute atomic E-state index is 4.48. The van der Waals surface area contributed by atoms with Crippen LogP contribution in [0.25, 0.3) is 0 Å². The molecule has 0 saturated carbocycles. The van der Waals surface area contributed by atoms with E-state index < -0.39 is 0 Å². The second-order valence-electron chi connectivity index (χ2n) is 6.35. The van der Waals surface area contributed by atoms with Gasteiger partial charge < -0.3 is 10.2 Å². The van der Waals surface area contributed by atoms with Crippen molar-refractivity contribution in [3.63, 3.8) is 0 Å². The fraction of sp³-hybridized carbons (Fsp3) is 0.750. The Bertz CT molecular complexity index is 484. The lowest BCUT2D eigenvalue weighted by Gasteiger charge is -2.42. The molecular formula is C16H29IN4S. The average molecular weight is 436 g/mol. The predicted octanol–water partition coefficient (Wildman–Crippen LogP) is 4.05. The highest BCUT2D eigenvalue weighted by molar-refractivity contribution is 14.0. The maximum atomic E-state index is 4.48. The van der Waals surface area contributed by atoms with E-state index in [4.69, 9.17) is 0 Å². The van der Waals surface area contributed by atoms with E-state index in [2.05, 4.69) is 41.0 Å². The molecule has 1 unspecified atom stereocenters. The summed E-state index contributed by atoms with van der Waals surface area (Å²) in [6.07, 6.45) is 5.16. The first-order valence-electron chi connectivity index (χ1n) is 7.92. The van der Waals surface area contributed by atoms with Crippen LogP contribution < -0.4 is 5.32 Å². The highest BCUT2D eigenvalue weighted by Gasteiger charge is 2.31. The molecule has 0 amide bonds. The van der Waals surface area contributed by atoms with E-state index in [9.17, 15) is 0 Å². The molecule has 1 aliphatic heterocycles. The third kappa shape index (κ3) is 5.08. The molecule has 126 valence electrons. The molecule has 6 heteroatoms. The van der Waals surface area contributed by atoms with Crippen LogP contribution in [0.2, 0.25) is 0 Å². The van der Waals surface area contributed by atoms with E-state index in [0.29, 0.717) is 5.41 Å². The Kier molecular flexibility index (Phi) is 8.10. The number of likely N-dealkylation sites (tertiary alicyclic amines) is 1. The van der Waals surface area contributed by atoms with Crippen molar-refractivity contribution < 1.29 is 0 Å². The quantitative estimate of drug-likeness (QED) is 0.440. The number of rotatable bonds is 4. The number of piperidine rings is 1. The van der Waals surface area contributed by atoms with Gasteiger partial charge in [0, 0.05) is 25.0 Å². The maximum Gasteiger partial charge on any atom is 0.193 e. The molecule has 1 aromatic rings. The Balaban J connectivity index is 0.00000242. The summed E-state index contributed by atoms with van der Waals surface area (Å²) in [6.45, 7) is 9.82. The number of nitrogens with zero attached hydrogens (tertiary/aromatic N) is 3. The molecule has 0 aromatic carbocycles. The number of halogens is 1. The highest BCUT2D eigenvalue weighted by atomic mass is 127. The molecule has 22 heavy (non-hydrogen) atoms. The van der Waals surface area contributed by atoms with E-state index in [1.54, 1.807) is 11.3 Å². The smallest absolute Gasteiger partial charge is 0.193 e. The summed E-state index contributed by atoms with van der Waals surface area (Å²) in [5.41, 5.74) is 3.47. The van der Waals surface area contributed by atoms with E-state index in [1.165, 1.54) is 30.6 Å². The van der Waals surface area contributed by atoms with Gasteiger partial charge in [-0.2, -0.15) is 0 Å². The Labute approximate surface area is 155 Å². The van der Waals surface area contributed by atoms with Crippen LogP contribution in [0.5, 0.6) is 0 Å². The van der Waals surface area contributed by atoms with Gasteiger partial charge in [0.05, 0.1) is 17.7 Å². The van der Waals surface area contributed by atoms with E-state index in [-0.39, 0.29) is 24.0 Å². The number of guanidine groups is 1. The molecule has 4 nitrogen and oxygen atoms in total. The lowest BCUT2D eigenvalue weighted by atomic mass is 9.78. The number of thiazole rings is 1. The number of aryl methyl sites for hydroxylation is 1. The largest absolute Gasteiger partial charge is 0.351 e. The number of hydrogen-bond acceptors (Lipinski definition) is 3. The van der Waals surface area contributed by atoms with Crippen molar-refractivity contribution in [3.8, 4) is 0 Å². The Morgan fingerprint density at radius 1 is 1.55 bits per heavy atom. The van der Waals surface area contributed by atoms with Crippen LogP contribution in [-0.4, -0.2) is 36.0 Å². The summed E-state index contributed by atoms with van der Waals surface area (Å²) in [7, 11) is 1.88. The molecule has 0 aliphatic carbocycles. The zero-order valence-corrected chi connectivity index (χ0v) is 17.3. The third-order valence-electron chi connectivity index (χ3n) is 4.40. The first kappa shape index (κ1) is 19.7. The summed E-state index contributed by atoms with van der Waals surface area (Å²) in [5.74, 6) is 1.03. The number of aromatic nitrogens is 1. The molecule has 0 spiro atoms. The predicted molar refractivity (Wildman–Crippen MR) is 106 cm³/mol. The summed E-state index contributed by atoms with van der Waals surface area (Å²) in [6, 6.07) is 0. The minimum atomic E-state index is 0. The molecule has 1 aromatic heterocycles. The van der Waals surface area contributed by atoms with E-state index in [1.807, 2.05) is 12.6 Å². The molecule has 0 radical (unpaired) electrons. The minimum absolute atomic E-state index is 0. The SMILES string of the molecule is CCCC1(C)CCCN(C(=NC)NCc2scnc2C)C1.I. The molecular weight excluding hydrogens is 407 g/mol. The van der Waals surface area contributed by atoms with Gasteiger partial charge in [-0.25, -0.2) is 4.98 Å². The molecule has 1 atom stereocenters. The van der Waals surface area contributed by atoms with Crippen LogP contribution in [-0.2, 0) is 6.54 Å². The zero-order chi connectivity index (χ0) is 15.3. The average Bonchev–Trinajstić information content (AvgIpc) is 2.85. The Morgan fingerprint density at radius 2 is 2.32 bits per heavy atom. The lowest BCUT2D eigenvalue weighted by molar-refractivity contribution is 0.142. The molecule has 0 bridgehead atoms. The zero-order valence-electron chi connectivity index (χ0n) is 14.2. The molecule has 2 rings (SSSR count). The van der Waals surface area contributed by atoms with Gasteiger partial charge in [-0.1, -0.05) is 20.3 Å². The first-order chi connectivity index (χ1) is 10.1. The van der Waals surface area contributed by atoms with Crippen LogP contribution in [0.4, 0.5) is 0 Å². The Hall–Kier alpha value is -0.370. The number of aliphatic imine (C=N–C) groups is 1. The van der Waals surface area contributed by atoms with Gasteiger partial charge in [0.25, 0.3) is 0 Å². The monoisotopic (exact) mass is 436 g/mol. The van der Waals surface area contributed by atoms with Crippen molar-refractivity contribution in [2.24, 2.45) is 10.4 Å². The van der Waals surface area contributed by atoms with Gasteiger partial charge in [-0.3, -0.25) is 4.99 Å². The minimum Gasteiger partial charge on any atom is -0.351 e. The fourth-order valence-corrected chi connectivity index (χ4v) is 4.01. The van der Waals surface area contributed by atoms with Gasteiger partial charge in [0.1, 0.15) is 0 Å². The van der Waals surface area contributed by atoms with Crippen molar-refractivity contribution in [3.05, 3.63) is 16.1 Å². The van der Waals surface area contributed by atoms with Crippen LogP contribution in [0.3, 0.4) is 0 Å². The second kappa shape index (κ2) is 9.05. The number of hydrogen-bond donors (Lipinski definition) is 1. The lowest BCUT2D eigenvalue weighted by Crippen LogP contribution is -2.49. The standard InChI is InChI=1S/C16H28N4S.HI/c1-5-7-16(3)8-6-9-20(11-16)15(17-4)18-10-14-13(2)19-12-21-14;/h12H,5-11H2,1-4H3,(H,17,18);1H. The van der Waals surface area contributed by atoms with Crippen LogP contribution in [0.1, 0.15) is 50.1 Å². The topological polar surface area (TPSA) is 40.5 Å². The van der Waals surface area contributed by atoms with Crippen molar-refractivity contribution >= 4 is 41.3 Å². The molecule has 2 heterocycles. The van der Waals surface area contributed by atoms with Crippen molar-refractivity contribution in [2.75, 3.05) is 20.1 Å². The number of nitrogens with one attached hydrogen (secondary N) is 1. The van der Waals surface area contributed by atoms with E-state index in [0.717, 1.165) is 31.3 Å². The van der Waals surface area contributed by atoms with Crippen LogP contribution in [0, 0.1) is 12.3 Å². The van der Waals surface area contributed by atoms with Gasteiger partial charge >= 0.3 is 0 Å². The Morgan fingerprint density at radius 3 is 2.91 bits per heavy atom. The van der Waals surface area contributed by atoms with Crippen molar-refractivity contribution in [1.29, 1.82) is 0 Å². The fourth-order valence-electron chi connectivity index (χ4n) is 3.29. The van der Waals surface area contributed by atoms with Crippen LogP contribution in [0.15, 0.2) is 10.5 Å².